The first-order chi connectivity index (χ1) is 17.1. The normalized spacial score (nSPS) is 23.3. The molecule has 0 saturated carbocycles. The highest BCUT2D eigenvalue weighted by molar-refractivity contribution is 5.95. The molecule has 0 unspecified atom stereocenters. The van der Waals surface area contributed by atoms with Crippen molar-refractivity contribution in [2.24, 2.45) is 0 Å². The molecule has 1 N–H and O–H groups in total. The zero-order valence-corrected chi connectivity index (χ0v) is 20.7. The van der Waals surface area contributed by atoms with Crippen molar-refractivity contribution in [3.8, 4) is 0 Å². The average Bonchev–Trinajstić information content (AvgIpc) is 3.17. The first kappa shape index (κ1) is 23.8. The second kappa shape index (κ2) is 9.99. The summed E-state index contributed by atoms with van der Waals surface area (Å²) in [5, 5.41) is 3.20. The lowest BCUT2D eigenvalue weighted by atomic mass is 9.71. The van der Waals surface area contributed by atoms with E-state index in [4.69, 9.17) is 9.47 Å². The van der Waals surface area contributed by atoms with E-state index in [0.717, 1.165) is 42.7 Å². The fraction of sp³-hybridized carbons (Fsp3) is 0.500. The molecule has 2 fully saturated rings. The number of fused-ring (bicyclic) bond motifs is 2. The molecule has 1 spiro atoms. The van der Waals surface area contributed by atoms with E-state index in [1.807, 2.05) is 36.1 Å². The number of carbonyl (C=O) groups excluding carboxylic acids is 2. The SMILES string of the molecule is CCC(=O)N[C@H]1c2ccccc2C2(CCN(C(=O)c3cccc(N4CCOCC4)c3)CC2)[C@@H]1OC. The fourth-order valence-corrected chi connectivity index (χ4v) is 6.15. The van der Waals surface area contributed by atoms with E-state index < -0.39 is 0 Å². The molecular weight excluding hydrogens is 442 g/mol. The summed E-state index contributed by atoms with van der Waals surface area (Å²) < 4.78 is 11.5. The molecule has 2 aromatic rings. The first-order valence-electron chi connectivity index (χ1n) is 12.7. The van der Waals surface area contributed by atoms with Gasteiger partial charge in [-0.2, -0.15) is 0 Å². The van der Waals surface area contributed by atoms with Crippen LogP contribution >= 0.6 is 0 Å². The van der Waals surface area contributed by atoms with Gasteiger partial charge in [0, 0.05) is 56.4 Å². The smallest absolute Gasteiger partial charge is 0.253 e. The largest absolute Gasteiger partial charge is 0.378 e. The van der Waals surface area contributed by atoms with Gasteiger partial charge in [0.05, 0.1) is 25.4 Å². The lowest BCUT2D eigenvalue weighted by Crippen LogP contribution is -2.51. The Morgan fingerprint density at radius 1 is 1.06 bits per heavy atom. The highest BCUT2D eigenvalue weighted by Crippen LogP contribution is 2.52. The van der Waals surface area contributed by atoms with Gasteiger partial charge in [0.1, 0.15) is 0 Å². The Morgan fingerprint density at radius 3 is 2.51 bits per heavy atom. The number of benzene rings is 2. The molecule has 2 heterocycles. The molecule has 0 aromatic heterocycles. The Morgan fingerprint density at radius 2 is 1.80 bits per heavy atom. The third-order valence-electron chi connectivity index (χ3n) is 7.98. The Bertz CT molecular complexity index is 1070. The second-order valence-corrected chi connectivity index (χ2v) is 9.74. The van der Waals surface area contributed by atoms with Crippen molar-refractivity contribution in [2.75, 3.05) is 51.4 Å². The van der Waals surface area contributed by atoms with Gasteiger partial charge in [-0.15, -0.1) is 0 Å². The Labute approximate surface area is 207 Å². The van der Waals surface area contributed by atoms with Crippen molar-refractivity contribution < 1.29 is 19.1 Å². The summed E-state index contributed by atoms with van der Waals surface area (Å²) in [6.07, 6.45) is 1.89. The molecule has 3 aliphatic rings. The van der Waals surface area contributed by atoms with Gasteiger partial charge in [-0.1, -0.05) is 37.3 Å². The summed E-state index contributed by atoms with van der Waals surface area (Å²) in [5.41, 5.74) is 3.97. The number of likely N-dealkylation sites (tertiary alicyclic amines) is 1. The second-order valence-electron chi connectivity index (χ2n) is 9.74. The molecule has 2 aliphatic heterocycles. The summed E-state index contributed by atoms with van der Waals surface area (Å²) >= 11 is 0. The van der Waals surface area contributed by atoms with Gasteiger partial charge in [-0.05, 0) is 42.2 Å². The van der Waals surface area contributed by atoms with Crippen LogP contribution in [-0.4, -0.2) is 69.3 Å². The quantitative estimate of drug-likeness (QED) is 0.716. The lowest BCUT2D eigenvalue weighted by Gasteiger charge is -2.44. The maximum absolute atomic E-state index is 13.5. The minimum atomic E-state index is -0.219. The third-order valence-corrected chi connectivity index (χ3v) is 7.98. The summed E-state index contributed by atoms with van der Waals surface area (Å²) in [7, 11) is 1.73. The van der Waals surface area contributed by atoms with E-state index in [-0.39, 0.29) is 29.4 Å². The summed E-state index contributed by atoms with van der Waals surface area (Å²) in [6, 6.07) is 16.1. The number of amides is 2. The van der Waals surface area contributed by atoms with Crippen LogP contribution in [-0.2, 0) is 19.7 Å². The predicted molar refractivity (Wildman–Crippen MR) is 135 cm³/mol. The van der Waals surface area contributed by atoms with Crippen LogP contribution in [0.1, 0.15) is 53.7 Å². The van der Waals surface area contributed by atoms with Gasteiger partial charge < -0.3 is 24.6 Å². The minimum Gasteiger partial charge on any atom is -0.378 e. The molecule has 1 aliphatic carbocycles. The third kappa shape index (κ3) is 4.32. The maximum atomic E-state index is 13.5. The van der Waals surface area contributed by atoms with Crippen molar-refractivity contribution in [1.82, 2.24) is 10.2 Å². The van der Waals surface area contributed by atoms with Crippen LogP contribution in [0.3, 0.4) is 0 Å². The molecule has 5 rings (SSSR count). The number of nitrogens with zero attached hydrogens (tertiary/aromatic N) is 2. The highest BCUT2D eigenvalue weighted by atomic mass is 16.5. The van der Waals surface area contributed by atoms with E-state index in [9.17, 15) is 9.59 Å². The van der Waals surface area contributed by atoms with Crippen LogP contribution in [0.25, 0.3) is 0 Å². The number of anilines is 1. The van der Waals surface area contributed by atoms with Crippen LogP contribution in [0.2, 0.25) is 0 Å². The Hall–Kier alpha value is -2.90. The van der Waals surface area contributed by atoms with Crippen LogP contribution in [0.4, 0.5) is 5.69 Å². The molecule has 7 heteroatoms. The average molecular weight is 478 g/mol. The number of morpholine rings is 1. The molecule has 7 nitrogen and oxygen atoms in total. The van der Waals surface area contributed by atoms with Gasteiger partial charge in [0.25, 0.3) is 5.91 Å². The van der Waals surface area contributed by atoms with E-state index in [0.29, 0.717) is 32.7 Å². The van der Waals surface area contributed by atoms with Gasteiger partial charge in [0.15, 0.2) is 0 Å². The standard InChI is InChI=1S/C28H35N3O4/c1-3-24(32)29-25-22-9-4-5-10-23(22)28(26(25)34-2)11-13-31(14-12-28)27(33)20-7-6-8-21(19-20)30-15-17-35-18-16-30/h4-10,19,25-26H,3,11-18H2,1-2H3,(H,29,32)/t25-,26+/m0/s1. The van der Waals surface area contributed by atoms with Crippen molar-refractivity contribution in [1.29, 1.82) is 0 Å². The minimum absolute atomic E-state index is 0.0247. The van der Waals surface area contributed by atoms with Crippen LogP contribution in [0.15, 0.2) is 48.5 Å². The van der Waals surface area contributed by atoms with Crippen molar-refractivity contribution in [3.63, 3.8) is 0 Å². The fourth-order valence-electron chi connectivity index (χ4n) is 6.15. The molecule has 2 amide bonds. The van der Waals surface area contributed by atoms with Crippen LogP contribution < -0.4 is 10.2 Å². The number of nitrogens with one attached hydrogen (secondary N) is 1. The lowest BCUT2D eigenvalue weighted by molar-refractivity contribution is -0.123. The Balaban J connectivity index is 1.34. The van der Waals surface area contributed by atoms with E-state index >= 15 is 0 Å². The monoisotopic (exact) mass is 477 g/mol. The number of ether oxygens (including phenoxy) is 2. The van der Waals surface area contributed by atoms with Gasteiger partial charge >= 0.3 is 0 Å². The summed E-state index contributed by atoms with van der Waals surface area (Å²) in [6.45, 7) is 6.30. The van der Waals surface area contributed by atoms with E-state index in [1.165, 1.54) is 5.56 Å². The molecular formula is C28H35N3O4. The van der Waals surface area contributed by atoms with E-state index in [1.54, 1.807) is 7.11 Å². The van der Waals surface area contributed by atoms with Crippen molar-refractivity contribution in [3.05, 3.63) is 65.2 Å². The molecule has 2 saturated heterocycles. The molecule has 2 atom stereocenters. The van der Waals surface area contributed by atoms with E-state index in [2.05, 4.69) is 34.5 Å². The zero-order valence-electron chi connectivity index (χ0n) is 20.7. The number of carbonyl (C=O) groups is 2. The molecule has 35 heavy (non-hydrogen) atoms. The summed E-state index contributed by atoms with van der Waals surface area (Å²) in [5.74, 6) is 0.0997. The number of piperidine rings is 1. The highest BCUT2D eigenvalue weighted by Gasteiger charge is 2.54. The van der Waals surface area contributed by atoms with Gasteiger partial charge in [0.2, 0.25) is 5.91 Å². The number of hydrogen-bond donors (Lipinski definition) is 1. The zero-order chi connectivity index (χ0) is 24.4. The molecule has 0 bridgehead atoms. The van der Waals surface area contributed by atoms with Crippen molar-refractivity contribution >= 4 is 17.5 Å². The first-order valence-corrected chi connectivity index (χ1v) is 12.7. The molecule has 186 valence electrons. The van der Waals surface area contributed by atoms with Crippen molar-refractivity contribution in [2.45, 2.75) is 43.7 Å². The van der Waals surface area contributed by atoms with Gasteiger partial charge in [-0.25, -0.2) is 0 Å². The molecule has 0 radical (unpaired) electrons. The van der Waals surface area contributed by atoms with Crippen LogP contribution in [0, 0.1) is 0 Å². The number of hydrogen-bond acceptors (Lipinski definition) is 5. The molecule has 2 aromatic carbocycles. The van der Waals surface area contributed by atoms with Crippen LogP contribution in [0.5, 0.6) is 0 Å². The number of rotatable bonds is 5. The number of methoxy groups -OCH3 is 1. The predicted octanol–water partition coefficient (Wildman–Crippen LogP) is 3.29. The topological polar surface area (TPSA) is 71.1 Å². The van der Waals surface area contributed by atoms with Gasteiger partial charge in [-0.3, -0.25) is 9.59 Å². The maximum Gasteiger partial charge on any atom is 0.253 e. The summed E-state index contributed by atoms with van der Waals surface area (Å²) in [4.78, 5) is 30.0. The Kier molecular flexibility index (Phi) is 6.80.